The van der Waals surface area contributed by atoms with Crippen molar-refractivity contribution in [2.24, 2.45) is 0 Å². The highest BCUT2D eigenvalue weighted by molar-refractivity contribution is 7.99. The molecule has 1 unspecified atom stereocenters. The van der Waals surface area contributed by atoms with Crippen molar-refractivity contribution in [1.29, 1.82) is 0 Å². The van der Waals surface area contributed by atoms with Crippen LogP contribution in [-0.4, -0.2) is 48.6 Å². The number of nitrogens with zero attached hydrogens (tertiary/aromatic N) is 4. The van der Waals surface area contributed by atoms with E-state index in [0.717, 1.165) is 30.2 Å². The summed E-state index contributed by atoms with van der Waals surface area (Å²) in [5.41, 5.74) is -0.878. The van der Waals surface area contributed by atoms with Gasteiger partial charge in [-0.3, -0.25) is 10.1 Å². The quantitative estimate of drug-likeness (QED) is 0.529. The lowest BCUT2D eigenvalue weighted by molar-refractivity contribution is -0.144. The second-order valence-electron chi connectivity index (χ2n) is 6.03. The molecule has 0 aromatic carbocycles. The Kier molecular flexibility index (Phi) is 5.21. The zero-order chi connectivity index (χ0) is 15.5. The van der Waals surface area contributed by atoms with Crippen molar-refractivity contribution in [3.63, 3.8) is 0 Å². The summed E-state index contributed by atoms with van der Waals surface area (Å²) in [6, 6.07) is 0.607. The highest BCUT2D eigenvalue weighted by Gasteiger charge is 2.33. The zero-order valence-corrected chi connectivity index (χ0v) is 13.6. The van der Waals surface area contributed by atoms with Gasteiger partial charge in [-0.25, -0.2) is 4.68 Å². The lowest BCUT2D eigenvalue weighted by Gasteiger charge is -2.28. The Morgan fingerprint density at radius 3 is 2.86 bits per heavy atom. The van der Waals surface area contributed by atoms with E-state index in [-0.39, 0.29) is 6.04 Å². The van der Waals surface area contributed by atoms with Gasteiger partial charge in [-0.1, -0.05) is 11.8 Å². The lowest BCUT2D eigenvalue weighted by Crippen LogP contribution is -2.52. The van der Waals surface area contributed by atoms with Crippen LogP contribution >= 0.6 is 11.8 Å². The molecule has 2 rings (SSSR count). The molecule has 1 saturated carbocycles. The molecular weight excluding hydrogens is 290 g/mol. The summed E-state index contributed by atoms with van der Waals surface area (Å²) in [5, 5.41) is 25.1. The van der Waals surface area contributed by atoms with Gasteiger partial charge in [0.05, 0.1) is 6.04 Å². The molecule has 1 aromatic heterocycles. The van der Waals surface area contributed by atoms with Gasteiger partial charge in [0, 0.05) is 11.8 Å². The smallest absolute Gasteiger partial charge is 0.323 e. The Hall–Kier alpha value is -1.15. The fourth-order valence-electron chi connectivity index (χ4n) is 2.30. The molecule has 1 aliphatic carbocycles. The molecule has 0 amide bonds. The van der Waals surface area contributed by atoms with Crippen LogP contribution in [0.2, 0.25) is 0 Å². The highest BCUT2D eigenvalue weighted by Crippen LogP contribution is 2.36. The third kappa shape index (κ3) is 4.41. The Morgan fingerprint density at radius 2 is 2.29 bits per heavy atom. The molecule has 1 aliphatic rings. The zero-order valence-electron chi connectivity index (χ0n) is 12.7. The van der Waals surface area contributed by atoms with Crippen LogP contribution in [0.3, 0.4) is 0 Å². The summed E-state index contributed by atoms with van der Waals surface area (Å²) in [6.07, 6.45) is 3.67. The second-order valence-corrected chi connectivity index (χ2v) is 7.09. The predicted molar refractivity (Wildman–Crippen MR) is 80.4 cm³/mol. The van der Waals surface area contributed by atoms with Crippen LogP contribution in [0.1, 0.15) is 52.5 Å². The number of aliphatic carboxylic acids is 1. The lowest BCUT2D eigenvalue weighted by atomic mass is 9.95. The molecule has 118 valence electrons. The van der Waals surface area contributed by atoms with E-state index in [1.807, 2.05) is 18.5 Å². The van der Waals surface area contributed by atoms with Gasteiger partial charge in [0.1, 0.15) is 5.54 Å². The van der Waals surface area contributed by atoms with E-state index in [2.05, 4.69) is 20.8 Å². The highest BCUT2D eigenvalue weighted by atomic mass is 32.2. The number of thioether (sulfide) groups is 1. The van der Waals surface area contributed by atoms with Crippen molar-refractivity contribution in [2.45, 2.75) is 69.2 Å². The van der Waals surface area contributed by atoms with E-state index in [0.29, 0.717) is 12.5 Å². The maximum Gasteiger partial charge on any atom is 0.323 e. The van der Waals surface area contributed by atoms with E-state index < -0.39 is 11.5 Å². The predicted octanol–water partition coefficient (Wildman–Crippen LogP) is 1.72. The number of carboxylic acids is 1. The third-order valence-electron chi connectivity index (χ3n) is 3.49. The summed E-state index contributed by atoms with van der Waals surface area (Å²) in [7, 11) is 0. The summed E-state index contributed by atoms with van der Waals surface area (Å²) >= 11 is 1.60. The largest absolute Gasteiger partial charge is 0.480 e. The number of nitrogens with one attached hydrogen (secondary N) is 1. The van der Waals surface area contributed by atoms with Crippen molar-refractivity contribution in [3.8, 4) is 0 Å². The Balaban J connectivity index is 1.79. The fraction of sp³-hybridized carbons (Fsp3) is 0.846. The topological polar surface area (TPSA) is 92.9 Å². The minimum absolute atomic E-state index is 0.140. The number of aromatic nitrogens is 4. The van der Waals surface area contributed by atoms with Crippen LogP contribution in [0.5, 0.6) is 0 Å². The summed E-state index contributed by atoms with van der Waals surface area (Å²) in [6.45, 7) is 5.66. The molecule has 0 saturated heterocycles. The van der Waals surface area contributed by atoms with Gasteiger partial charge in [0.25, 0.3) is 0 Å². The average Bonchev–Trinajstić information content (AvgIpc) is 3.13. The first-order valence-electron chi connectivity index (χ1n) is 7.34. The Bertz CT molecular complexity index is 489. The van der Waals surface area contributed by atoms with Crippen molar-refractivity contribution >= 4 is 17.7 Å². The van der Waals surface area contributed by atoms with Crippen LogP contribution in [0, 0.1) is 0 Å². The first kappa shape index (κ1) is 16.2. The van der Waals surface area contributed by atoms with Crippen LogP contribution in [-0.2, 0) is 4.79 Å². The second kappa shape index (κ2) is 6.74. The van der Waals surface area contributed by atoms with Gasteiger partial charge in [-0.2, -0.15) is 0 Å². The average molecular weight is 313 g/mol. The number of hydrogen-bond acceptors (Lipinski definition) is 6. The third-order valence-corrected chi connectivity index (χ3v) is 4.51. The van der Waals surface area contributed by atoms with Gasteiger partial charge in [0.2, 0.25) is 5.16 Å². The molecule has 1 fully saturated rings. The molecule has 0 aliphatic heterocycles. The first-order chi connectivity index (χ1) is 9.92. The number of carboxylic acid groups (broad SMARTS) is 1. The molecule has 0 bridgehead atoms. The van der Waals surface area contributed by atoms with E-state index in [9.17, 15) is 9.90 Å². The molecule has 8 heteroatoms. The van der Waals surface area contributed by atoms with Crippen LogP contribution in [0.25, 0.3) is 0 Å². The normalized spacial score (nSPS) is 17.9. The summed E-state index contributed by atoms with van der Waals surface area (Å²) < 4.78 is 1.88. The summed E-state index contributed by atoms with van der Waals surface area (Å²) in [5.74, 6) is 0.0134. The van der Waals surface area contributed by atoms with E-state index in [1.54, 1.807) is 18.7 Å². The monoisotopic (exact) mass is 313 g/mol. The van der Waals surface area contributed by atoms with Crippen LogP contribution in [0.4, 0.5) is 0 Å². The molecule has 0 radical (unpaired) electrons. The molecule has 1 heterocycles. The number of hydrogen-bond donors (Lipinski definition) is 2. The van der Waals surface area contributed by atoms with Crippen molar-refractivity contribution in [3.05, 3.63) is 0 Å². The van der Waals surface area contributed by atoms with E-state index in [4.69, 9.17) is 0 Å². The van der Waals surface area contributed by atoms with Gasteiger partial charge in [-0.15, -0.1) is 5.10 Å². The number of rotatable bonds is 9. The van der Waals surface area contributed by atoms with Crippen molar-refractivity contribution in [2.75, 3.05) is 5.75 Å². The van der Waals surface area contributed by atoms with Gasteiger partial charge >= 0.3 is 5.97 Å². The van der Waals surface area contributed by atoms with Crippen LogP contribution in [0.15, 0.2) is 5.16 Å². The maximum atomic E-state index is 11.4. The maximum absolute atomic E-state index is 11.4. The van der Waals surface area contributed by atoms with Crippen LogP contribution < -0.4 is 5.32 Å². The summed E-state index contributed by atoms with van der Waals surface area (Å²) in [4.78, 5) is 11.4. The molecule has 2 N–H and O–H groups in total. The first-order valence-corrected chi connectivity index (χ1v) is 8.32. The van der Waals surface area contributed by atoms with E-state index >= 15 is 0 Å². The molecule has 21 heavy (non-hydrogen) atoms. The Morgan fingerprint density at radius 1 is 1.57 bits per heavy atom. The fourth-order valence-corrected chi connectivity index (χ4v) is 3.18. The number of tetrazole rings is 1. The van der Waals surface area contributed by atoms with Gasteiger partial charge in [0.15, 0.2) is 0 Å². The molecule has 7 nitrogen and oxygen atoms in total. The minimum Gasteiger partial charge on any atom is -0.480 e. The standard InChI is InChI=1S/C13H23N5O2S/c1-9(2)14-13(3,11(19)20)7-4-8-21-12-15-16-17-18(12)10-5-6-10/h9-10,14H,4-8H2,1-3H3,(H,19,20). The van der Waals surface area contributed by atoms with Gasteiger partial charge < -0.3 is 5.11 Å². The SMILES string of the molecule is CC(C)NC(C)(CCCSc1nnnn1C1CC1)C(=O)O. The minimum atomic E-state index is -0.878. The van der Waals surface area contributed by atoms with Gasteiger partial charge in [-0.05, 0) is 56.9 Å². The molecule has 1 atom stereocenters. The van der Waals surface area contributed by atoms with Crippen molar-refractivity contribution in [1.82, 2.24) is 25.5 Å². The number of carbonyl (C=O) groups is 1. The molecular formula is C13H23N5O2S. The van der Waals surface area contributed by atoms with Crippen molar-refractivity contribution < 1.29 is 9.90 Å². The van der Waals surface area contributed by atoms with E-state index in [1.165, 1.54) is 0 Å². The molecule has 0 spiro atoms. The Labute approximate surface area is 128 Å². The molecule has 1 aromatic rings.